The van der Waals surface area contributed by atoms with Crippen LogP contribution in [0.15, 0.2) is 4.99 Å². The second-order valence-electron chi connectivity index (χ2n) is 5.35. The molecule has 0 unspecified atom stereocenters. The third-order valence-electron chi connectivity index (χ3n) is 3.75. The SMILES string of the molecule is CN=C(NCCOCCOC)N(C)CCC1CCOCC1. The number of rotatable bonds is 9. The van der Waals surface area contributed by atoms with Crippen LogP contribution in [0.2, 0.25) is 0 Å². The standard InChI is InChI=1S/C15H31N3O3/c1-16-15(17-7-11-21-13-12-19-3)18(2)8-4-14-5-9-20-10-6-14/h14H,4-13H2,1-3H3,(H,16,17). The second-order valence-corrected chi connectivity index (χ2v) is 5.35. The van der Waals surface area contributed by atoms with Crippen LogP contribution in [0.4, 0.5) is 0 Å². The normalized spacial score (nSPS) is 17.0. The highest BCUT2D eigenvalue weighted by Gasteiger charge is 2.15. The summed E-state index contributed by atoms with van der Waals surface area (Å²) in [6.07, 6.45) is 3.57. The first-order valence-electron chi connectivity index (χ1n) is 7.84. The van der Waals surface area contributed by atoms with Gasteiger partial charge in [0.05, 0.1) is 19.8 Å². The fraction of sp³-hybridized carbons (Fsp3) is 0.933. The highest BCUT2D eigenvalue weighted by molar-refractivity contribution is 5.79. The highest BCUT2D eigenvalue weighted by Crippen LogP contribution is 2.18. The minimum absolute atomic E-state index is 0.635. The van der Waals surface area contributed by atoms with Crippen LogP contribution in [0.1, 0.15) is 19.3 Å². The van der Waals surface area contributed by atoms with Crippen LogP contribution < -0.4 is 5.32 Å². The van der Waals surface area contributed by atoms with E-state index in [4.69, 9.17) is 14.2 Å². The Bertz CT molecular complexity index is 281. The fourth-order valence-corrected chi connectivity index (χ4v) is 2.38. The molecule has 0 radical (unpaired) electrons. The quantitative estimate of drug-likeness (QED) is 0.391. The van der Waals surface area contributed by atoms with Gasteiger partial charge in [-0.1, -0.05) is 0 Å². The average Bonchev–Trinajstić information content (AvgIpc) is 2.53. The molecular formula is C15H31N3O3. The molecule has 0 bridgehead atoms. The third kappa shape index (κ3) is 8.24. The lowest BCUT2D eigenvalue weighted by Crippen LogP contribution is -2.41. The maximum atomic E-state index is 5.43. The molecule has 0 spiro atoms. The van der Waals surface area contributed by atoms with E-state index in [-0.39, 0.29) is 0 Å². The Morgan fingerprint density at radius 2 is 2.05 bits per heavy atom. The first-order chi connectivity index (χ1) is 10.3. The van der Waals surface area contributed by atoms with Crippen LogP contribution in [-0.4, -0.2) is 78.2 Å². The molecule has 1 aliphatic heterocycles. The second kappa shape index (κ2) is 11.8. The summed E-state index contributed by atoms with van der Waals surface area (Å²) >= 11 is 0. The molecule has 6 heteroatoms. The summed E-state index contributed by atoms with van der Waals surface area (Å²) in [5.41, 5.74) is 0. The van der Waals surface area contributed by atoms with Crippen molar-refractivity contribution in [2.75, 3.05) is 67.3 Å². The molecule has 0 amide bonds. The zero-order chi connectivity index (χ0) is 15.3. The predicted molar refractivity (Wildman–Crippen MR) is 84.8 cm³/mol. The summed E-state index contributed by atoms with van der Waals surface area (Å²) in [7, 11) is 5.58. The molecule has 21 heavy (non-hydrogen) atoms. The Balaban J connectivity index is 2.12. The van der Waals surface area contributed by atoms with Gasteiger partial charge in [-0.15, -0.1) is 0 Å². The van der Waals surface area contributed by atoms with Gasteiger partial charge in [-0.3, -0.25) is 4.99 Å². The Hall–Kier alpha value is -0.850. The first kappa shape index (κ1) is 18.2. The van der Waals surface area contributed by atoms with E-state index in [0.29, 0.717) is 19.8 Å². The molecule has 0 aromatic carbocycles. The van der Waals surface area contributed by atoms with E-state index in [1.165, 1.54) is 19.3 Å². The average molecular weight is 301 g/mol. The number of guanidine groups is 1. The van der Waals surface area contributed by atoms with Gasteiger partial charge in [-0.25, -0.2) is 0 Å². The topological polar surface area (TPSA) is 55.3 Å². The molecule has 0 aromatic heterocycles. The molecule has 1 N–H and O–H groups in total. The van der Waals surface area contributed by atoms with E-state index in [1.54, 1.807) is 7.11 Å². The Morgan fingerprint density at radius 3 is 2.71 bits per heavy atom. The van der Waals surface area contributed by atoms with Gasteiger partial charge in [-0.2, -0.15) is 0 Å². The number of hydrogen-bond donors (Lipinski definition) is 1. The van der Waals surface area contributed by atoms with E-state index in [2.05, 4.69) is 22.3 Å². The minimum Gasteiger partial charge on any atom is -0.382 e. The molecule has 1 heterocycles. The van der Waals surface area contributed by atoms with Crippen LogP contribution in [-0.2, 0) is 14.2 Å². The summed E-state index contributed by atoms with van der Waals surface area (Å²) in [5, 5.41) is 3.32. The van der Waals surface area contributed by atoms with Gasteiger partial charge >= 0.3 is 0 Å². The van der Waals surface area contributed by atoms with Crippen molar-refractivity contribution in [2.45, 2.75) is 19.3 Å². The van der Waals surface area contributed by atoms with Gasteiger partial charge in [0.15, 0.2) is 5.96 Å². The number of ether oxygens (including phenoxy) is 3. The molecule has 1 rings (SSSR count). The number of methoxy groups -OCH3 is 1. The van der Waals surface area contributed by atoms with E-state index < -0.39 is 0 Å². The molecule has 1 fully saturated rings. The smallest absolute Gasteiger partial charge is 0.193 e. The number of hydrogen-bond acceptors (Lipinski definition) is 4. The van der Waals surface area contributed by atoms with Crippen LogP contribution in [0.3, 0.4) is 0 Å². The van der Waals surface area contributed by atoms with E-state index >= 15 is 0 Å². The van der Waals surface area contributed by atoms with Crippen molar-refractivity contribution in [3.63, 3.8) is 0 Å². The van der Waals surface area contributed by atoms with E-state index in [1.807, 2.05) is 7.05 Å². The number of aliphatic imine (C=N–C) groups is 1. The first-order valence-corrected chi connectivity index (χ1v) is 7.84. The van der Waals surface area contributed by atoms with Crippen molar-refractivity contribution in [1.29, 1.82) is 0 Å². The summed E-state index contributed by atoms with van der Waals surface area (Å²) in [6.45, 7) is 5.56. The lowest BCUT2D eigenvalue weighted by atomic mass is 9.96. The molecule has 0 aliphatic carbocycles. The monoisotopic (exact) mass is 301 g/mol. The summed E-state index contributed by atoms with van der Waals surface area (Å²) < 4.78 is 15.8. The minimum atomic E-state index is 0.635. The summed E-state index contributed by atoms with van der Waals surface area (Å²) in [6, 6.07) is 0. The highest BCUT2D eigenvalue weighted by atomic mass is 16.5. The number of nitrogens with one attached hydrogen (secondary N) is 1. The molecule has 0 saturated carbocycles. The number of nitrogens with zero attached hydrogens (tertiary/aromatic N) is 2. The maximum absolute atomic E-state index is 5.43. The third-order valence-corrected chi connectivity index (χ3v) is 3.75. The lowest BCUT2D eigenvalue weighted by Gasteiger charge is -2.26. The molecule has 6 nitrogen and oxygen atoms in total. The van der Waals surface area contributed by atoms with Crippen molar-refractivity contribution in [2.24, 2.45) is 10.9 Å². The molecule has 124 valence electrons. The predicted octanol–water partition coefficient (Wildman–Crippen LogP) is 0.973. The Labute approximate surface area is 128 Å². The van der Waals surface area contributed by atoms with Gasteiger partial charge in [0.2, 0.25) is 0 Å². The molecule has 1 aliphatic rings. The van der Waals surface area contributed by atoms with Crippen molar-refractivity contribution in [3.05, 3.63) is 0 Å². The van der Waals surface area contributed by atoms with Crippen LogP contribution in [0.5, 0.6) is 0 Å². The van der Waals surface area contributed by atoms with Crippen molar-refractivity contribution >= 4 is 5.96 Å². The van der Waals surface area contributed by atoms with Crippen LogP contribution in [0, 0.1) is 5.92 Å². The van der Waals surface area contributed by atoms with Crippen LogP contribution in [0.25, 0.3) is 0 Å². The van der Waals surface area contributed by atoms with Gasteiger partial charge in [0.1, 0.15) is 0 Å². The molecule has 0 aromatic rings. The largest absolute Gasteiger partial charge is 0.382 e. The molecular weight excluding hydrogens is 270 g/mol. The van der Waals surface area contributed by atoms with Gasteiger partial charge in [0.25, 0.3) is 0 Å². The summed E-state index contributed by atoms with van der Waals surface area (Å²) in [5.74, 6) is 1.72. The fourth-order valence-electron chi connectivity index (χ4n) is 2.38. The Morgan fingerprint density at radius 1 is 1.29 bits per heavy atom. The van der Waals surface area contributed by atoms with E-state index in [0.717, 1.165) is 38.2 Å². The van der Waals surface area contributed by atoms with Crippen molar-refractivity contribution in [1.82, 2.24) is 10.2 Å². The lowest BCUT2D eigenvalue weighted by molar-refractivity contribution is 0.0624. The molecule has 1 saturated heterocycles. The molecule has 0 atom stereocenters. The van der Waals surface area contributed by atoms with Crippen molar-refractivity contribution < 1.29 is 14.2 Å². The Kier molecular flexibility index (Phi) is 10.2. The summed E-state index contributed by atoms with van der Waals surface area (Å²) in [4.78, 5) is 6.50. The van der Waals surface area contributed by atoms with E-state index in [9.17, 15) is 0 Å². The van der Waals surface area contributed by atoms with Gasteiger partial charge < -0.3 is 24.4 Å². The van der Waals surface area contributed by atoms with Gasteiger partial charge in [0, 0.05) is 47.5 Å². The zero-order valence-corrected chi connectivity index (χ0v) is 13.8. The van der Waals surface area contributed by atoms with Crippen LogP contribution >= 0.6 is 0 Å². The zero-order valence-electron chi connectivity index (χ0n) is 13.8. The maximum Gasteiger partial charge on any atom is 0.193 e. The van der Waals surface area contributed by atoms with Crippen molar-refractivity contribution in [3.8, 4) is 0 Å². The van der Waals surface area contributed by atoms with Gasteiger partial charge in [-0.05, 0) is 25.2 Å².